The van der Waals surface area contributed by atoms with E-state index >= 15 is 0 Å². The first kappa shape index (κ1) is 44.5. The molecule has 6 amide bonds. The molecule has 2 aliphatic heterocycles. The number of nitrogens with zero attached hydrogens (tertiary/aromatic N) is 2. The third-order valence-electron chi connectivity index (χ3n) is 11.8. The van der Waals surface area contributed by atoms with Crippen molar-refractivity contribution in [1.29, 1.82) is 0 Å². The topological polar surface area (TPSA) is 186 Å². The van der Waals surface area contributed by atoms with E-state index in [9.17, 15) is 33.9 Å². The predicted octanol–water partition coefficient (Wildman–Crippen LogP) is 3.82. The van der Waals surface area contributed by atoms with Gasteiger partial charge in [0.05, 0.1) is 12.6 Å². The number of alkyl carbamates (subject to hydrolysis) is 1. The number of hydrogen-bond donors (Lipinski definition) is 5. The Morgan fingerprint density at radius 3 is 2.18 bits per heavy atom. The molecular weight excluding hydrogens is 716 g/mol. The number of nitrogens with one attached hydrogen (secondary N) is 4. The number of amides is 6. The fourth-order valence-electron chi connectivity index (χ4n) is 8.40. The first-order valence-corrected chi connectivity index (χ1v) is 20.3. The van der Waals surface area contributed by atoms with Crippen molar-refractivity contribution in [3.8, 4) is 0 Å². The number of benzene rings is 1. The summed E-state index contributed by atoms with van der Waals surface area (Å²) in [6.07, 6.45) is 4.82. The quantitative estimate of drug-likeness (QED) is 0.264. The number of ether oxygens (including phenoxy) is 1. The Kier molecular flexibility index (Phi) is 14.6. The van der Waals surface area contributed by atoms with Crippen LogP contribution < -0.4 is 21.3 Å². The van der Waals surface area contributed by atoms with Gasteiger partial charge in [-0.2, -0.15) is 0 Å². The molecule has 4 unspecified atom stereocenters. The Balaban J connectivity index is 1.54. The number of aliphatic hydroxyl groups is 1. The van der Waals surface area contributed by atoms with Crippen molar-refractivity contribution in [3.05, 3.63) is 35.9 Å². The number of aliphatic hydroxyl groups excluding tert-OH is 1. The van der Waals surface area contributed by atoms with Gasteiger partial charge in [-0.3, -0.25) is 24.0 Å². The standard InChI is InChI=1S/C42H66N6O8/c1-40(2,3)56-39(55)46-34-38(54)48-25-27-30(42(27,6)7)32(48)35(51)44-28(22-18-13-11-10-12-14-19-23-41(34,4)5)33(50)36(52)43-24-29(49)45-31(37(53)47(8)9)26-20-16-15-17-21-26/h15-17,20-21,27-28,30-34,50H,10-14,18-19,22-25H2,1-9H3,(H,43,52)(H,44,51)(H,45,49)(H,46,55)/t27?,28-,30-,31?,32-,33?,34?/m0/s1. The SMILES string of the molecule is CN(C)C(=O)C(NC(=O)CNC(=O)C(O)[C@@H]1CCCCCCCCCC(C)(C)C(NC(=O)OC(C)(C)C)C(=O)N2CC3[C@@H]([C@H]2C(=O)N1)C3(C)C)c1ccccc1. The molecule has 7 atom stereocenters. The number of rotatable bonds is 8. The van der Waals surface area contributed by atoms with Gasteiger partial charge in [0.15, 0.2) is 6.10 Å². The summed E-state index contributed by atoms with van der Waals surface area (Å²) in [6, 6.07) is 4.92. The maximum atomic E-state index is 14.6. The molecule has 0 spiro atoms. The lowest BCUT2D eigenvalue weighted by Crippen LogP contribution is -2.61. The fourth-order valence-corrected chi connectivity index (χ4v) is 8.40. The van der Waals surface area contributed by atoms with E-state index in [2.05, 4.69) is 35.1 Å². The van der Waals surface area contributed by atoms with Crippen LogP contribution in [-0.2, 0) is 28.7 Å². The van der Waals surface area contributed by atoms with Crippen LogP contribution in [0.2, 0.25) is 0 Å². The minimum absolute atomic E-state index is 0.0577. The zero-order valence-corrected chi connectivity index (χ0v) is 34.9. The molecule has 3 aliphatic rings. The largest absolute Gasteiger partial charge is 0.444 e. The van der Waals surface area contributed by atoms with Gasteiger partial charge in [-0.05, 0) is 61.8 Å². The molecule has 2 saturated heterocycles. The molecule has 56 heavy (non-hydrogen) atoms. The van der Waals surface area contributed by atoms with E-state index in [-0.39, 0.29) is 29.1 Å². The highest BCUT2D eigenvalue weighted by molar-refractivity contribution is 5.94. The summed E-state index contributed by atoms with van der Waals surface area (Å²) in [6.45, 7) is 13.2. The highest BCUT2D eigenvalue weighted by Gasteiger charge is 2.70. The Bertz CT molecular complexity index is 1570. The summed E-state index contributed by atoms with van der Waals surface area (Å²) in [5, 5.41) is 22.4. The second-order valence-corrected chi connectivity index (χ2v) is 18.4. The lowest BCUT2D eigenvalue weighted by molar-refractivity contribution is -0.145. The van der Waals surface area contributed by atoms with Crippen molar-refractivity contribution in [1.82, 2.24) is 31.1 Å². The molecule has 1 aromatic rings. The second kappa shape index (κ2) is 18.4. The molecule has 14 heteroatoms. The van der Waals surface area contributed by atoms with Gasteiger partial charge in [0, 0.05) is 20.6 Å². The summed E-state index contributed by atoms with van der Waals surface area (Å²) in [5.74, 6) is -2.77. The molecule has 0 aromatic heterocycles. The van der Waals surface area contributed by atoms with E-state index in [0.717, 1.165) is 38.5 Å². The van der Waals surface area contributed by atoms with Crippen molar-refractivity contribution < 1.29 is 38.6 Å². The number of carbonyl (C=O) groups is 6. The van der Waals surface area contributed by atoms with Crippen molar-refractivity contribution in [3.63, 3.8) is 0 Å². The molecule has 312 valence electrons. The molecule has 1 aliphatic carbocycles. The van der Waals surface area contributed by atoms with Crippen molar-refractivity contribution in [2.45, 2.75) is 142 Å². The molecule has 1 aromatic carbocycles. The van der Waals surface area contributed by atoms with E-state index in [0.29, 0.717) is 31.4 Å². The maximum Gasteiger partial charge on any atom is 0.408 e. The summed E-state index contributed by atoms with van der Waals surface area (Å²) in [5.41, 5.74) is -1.08. The van der Waals surface area contributed by atoms with Crippen LogP contribution in [0.4, 0.5) is 4.79 Å². The van der Waals surface area contributed by atoms with Crippen LogP contribution >= 0.6 is 0 Å². The van der Waals surface area contributed by atoms with Gasteiger partial charge in [0.25, 0.3) is 5.91 Å². The molecule has 5 N–H and O–H groups in total. The third-order valence-corrected chi connectivity index (χ3v) is 11.8. The van der Waals surface area contributed by atoms with Crippen LogP contribution in [0.1, 0.15) is 118 Å². The Hall–Kier alpha value is -4.20. The van der Waals surface area contributed by atoms with E-state index < -0.39 is 71.6 Å². The summed E-state index contributed by atoms with van der Waals surface area (Å²) in [4.78, 5) is 84.5. The van der Waals surface area contributed by atoms with Gasteiger partial charge >= 0.3 is 6.09 Å². The van der Waals surface area contributed by atoms with E-state index in [1.165, 1.54) is 4.90 Å². The first-order valence-electron chi connectivity index (χ1n) is 20.3. The Morgan fingerprint density at radius 2 is 1.57 bits per heavy atom. The number of hydrogen-bond acceptors (Lipinski definition) is 8. The van der Waals surface area contributed by atoms with E-state index in [1.807, 2.05) is 13.8 Å². The monoisotopic (exact) mass is 782 g/mol. The fraction of sp³-hybridized carbons (Fsp3) is 0.714. The van der Waals surface area contributed by atoms with Gasteiger partial charge in [-0.15, -0.1) is 0 Å². The predicted molar refractivity (Wildman–Crippen MR) is 212 cm³/mol. The van der Waals surface area contributed by atoms with Crippen LogP contribution in [0.25, 0.3) is 0 Å². The number of carbonyl (C=O) groups excluding carboxylic acids is 6. The van der Waals surface area contributed by atoms with Crippen molar-refractivity contribution in [2.24, 2.45) is 22.7 Å². The van der Waals surface area contributed by atoms with Crippen molar-refractivity contribution in [2.75, 3.05) is 27.2 Å². The average Bonchev–Trinajstić information content (AvgIpc) is 3.42. The number of piperidine rings is 1. The molecule has 0 bridgehead atoms. The molecule has 1 saturated carbocycles. The molecule has 14 nitrogen and oxygen atoms in total. The van der Waals surface area contributed by atoms with Crippen molar-refractivity contribution >= 4 is 35.6 Å². The lowest BCUT2D eigenvalue weighted by Gasteiger charge is -2.40. The second-order valence-electron chi connectivity index (χ2n) is 18.4. The highest BCUT2D eigenvalue weighted by atomic mass is 16.6. The van der Waals surface area contributed by atoms with Crippen LogP contribution in [0.15, 0.2) is 30.3 Å². The lowest BCUT2D eigenvalue weighted by atomic mass is 9.78. The first-order chi connectivity index (χ1) is 26.2. The van der Waals surface area contributed by atoms with E-state index in [1.54, 1.807) is 70.1 Å². The normalized spacial score (nSPS) is 26.5. The van der Waals surface area contributed by atoms with Crippen LogP contribution in [0.5, 0.6) is 0 Å². The Morgan fingerprint density at radius 1 is 0.964 bits per heavy atom. The van der Waals surface area contributed by atoms with Crippen LogP contribution in [0.3, 0.4) is 0 Å². The van der Waals surface area contributed by atoms with Gasteiger partial charge in [0.2, 0.25) is 23.6 Å². The number of likely N-dealkylation sites (N-methyl/N-ethyl adjacent to an activating group) is 1. The average molecular weight is 783 g/mol. The zero-order chi connectivity index (χ0) is 41.6. The molecule has 3 fully saturated rings. The third kappa shape index (κ3) is 11.2. The molecular formula is C42H66N6O8. The minimum atomic E-state index is -1.70. The van der Waals surface area contributed by atoms with Gasteiger partial charge in [-0.1, -0.05) is 103 Å². The minimum Gasteiger partial charge on any atom is -0.444 e. The highest BCUT2D eigenvalue weighted by Crippen LogP contribution is 2.65. The summed E-state index contributed by atoms with van der Waals surface area (Å²) < 4.78 is 5.58. The summed E-state index contributed by atoms with van der Waals surface area (Å²) >= 11 is 0. The van der Waals surface area contributed by atoms with E-state index in [4.69, 9.17) is 4.74 Å². The van der Waals surface area contributed by atoms with Gasteiger partial charge in [0.1, 0.15) is 23.7 Å². The smallest absolute Gasteiger partial charge is 0.408 e. The molecule has 4 rings (SSSR count). The zero-order valence-electron chi connectivity index (χ0n) is 34.9. The number of fused-ring (bicyclic) bond motifs is 3. The molecule has 0 radical (unpaired) electrons. The van der Waals surface area contributed by atoms with Crippen LogP contribution in [0, 0.1) is 22.7 Å². The Labute approximate surface area is 332 Å². The van der Waals surface area contributed by atoms with Crippen LogP contribution in [-0.4, -0.2) is 108 Å². The molecule has 2 heterocycles. The van der Waals surface area contributed by atoms with Gasteiger partial charge in [-0.25, -0.2) is 4.79 Å². The maximum absolute atomic E-state index is 14.6. The summed E-state index contributed by atoms with van der Waals surface area (Å²) in [7, 11) is 3.16. The van der Waals surface area contributed by atoms with Gasteiger partial charge < -0.3 is 40.9 Å².